The average molecular weight is 293 g/mol. The largest absolute Gasteiger partial charge is 0.481 e. The Bertz CT molecular complexity index is 709. The lowest BCUT2D eigenvalue weighted by Gasteiger charge is -2.06. The number of hydrogen-bond donors (Lipinski definition) is 0. The summed E-state index contributed by atoms with van der Waals surface area (Å²) in [6, 6.07) is 5.49. The number of rotatable bonds is 5. The Balaban J connectivity index is 2.11. The van der Waals surface area contributed by atoms with E-state index in [1.807, 2.05) is 16.7 Å². The molecule has 6 nitrogen and oxygen atoms in total. The summed E-state index contributed by atoms with van der Waals surface area (Å²) in [5.41, 5.74) is 2.38. The highest BCUT2D eigenvalue weighted by Gasteiger charge is 2.14. The number of fused-ring (bicyclic) bond motifs is 1. The third kappa shape index (κ3) is 2.34. The van der Waals surface area contributed by atoms with Gasteiger partial charge in [0.1, 0.15) is 23.3 Å². The summed E-state index contributed by atoms with van der Waals surface area (Å²) < 4.78 is 12.0. The summed E-state index contributed by atoms with van der Waals surface area (Å²) >= 11 is 5.84. The number of aromatic nitrogens is 4. The van der Waals surface area contributed by atoms with Crippen molar-refractivity contribution in [2.24, 2.45) is 0 Å². The van der Waals surface area contributed by atoms with Crippen LogP contribution in [0.1, 0.15) is 11.5 Å². The minimum Gasteiger partial charge on any atom is -0.481 e. The molecule has 0 amide bonds. The summed E-state index contributed by atoms with van der Waals surface area (Å²) in [5.74, 6) is 1.93. The maximum absolute atomic E-state index is 5.84. The molecule has 3 heterocycles. The Morgan fingerprint density at radius 2 is 2.20 bits per heavy atom. The molecule has 0 aliphatic carbocycles. The first-order valence-corrected chi connectivity index (χ1v) is 6.70. The molecule has 0 aliphatic rings. The van der Waals surface area contributed by atoms with Gasteiger partial charge in [0.15, 0.2) is 5.65 Å². The molecule has 0 fully saturated rings. The highest BCUT2D eigenvalue weighted by Crippen LogP contribution is 2.19. The van der Waals surface area contributed by atoms with Crippen LogP contribution in [0.25, 0.3) is 11.2 Å². The zero-order chi connectivity index (χ0) is 13.9. The fourth-order valence-electron chi connectivity index (χ4n) is 2.07. The molecule has 3 aromatic rings. The fraction of sp³-hybridized carbons (Fsp3) is 0.308. The Morgan fingerprint density at radius 1 is 1.30 bits per heavy atom. The molecular formula is C13H13ClN4O2. The first-order valence-electron chi connectivity index (χ1n) is 6.17. The van der Waals surface area contributed by atoms with E-state index < -0.39 is 0 Å². The number of ether oxygens (including phenoxy) is 1. The van der Waals surface area contributed by atoms with Gasteiger partial charge in [-0.25, -0.2) is 4.98 Å². The third-order valence-corrected chi connectivity index (χ3v) is 3.17. The normalized spacial score (nSPS) is 11.1. The van der Waals surface area contributed by atoms with Gasteiger partial charge in [-0.2, -0.15) is 4.98 Å². The second kappa shape index (κ2) is 5.50. The Morgan fingerprint density at radius 3 is 2.90 bits per heavy atom. The third-order valence-electron chi connectivity index (χ3n) is 2.98. The fourth-order valence-corrected chi connectivity index (χ4v) is 2.24. The number of halogens is 1. The number of imidazole rings is 1. The van der Waals surface area contributed by atoms with E-state index in [0.29, 0.717) is 24.7 Å². The van der Waals surface area contributed by atoms with E-state index in [4.69, 9.17) is 20.9 Å². The van der Waals surface area contributed by atoms with E-state index in [0.717, 1.165) is 22.7 Å². The zero-order valence-electron chi connectivity index (χ0n) is 10.9. The van der Waals surface area contributed by atoms with Gasteiger partial charge in [0.05, 0.1) is 13.7 Å². The standard InChI is InChI=1S/C13H13ClN4O2/c1-19-12-3-2-10-13(16-12)18(11(15-10)4-6-14)8-9-5-7-20-17-9/h2-3,5,7H,4,6,8H2,1H3. The van der Waals surface area contributed by atoms with Crippen molar-refractivity contribution in [3.8, 4) is 5.88 Å². The quantitative estimate of drug-likeness (QED) is 0.675. The highest BCUT2D eigenvalue weighted by atomic mass is 35.5. The molecule has 7 heteroatoms. The predicted octanol–water partition coefficient (Wildman–Crippen LogP) is 2.26. The van der Waals surface area contributed by atoms with Crippen molar-refractivity contribution < 1.29 is 9.26 Å². The SMILES string of the molecule is COc1ccc2nc(CCCl)n(Cc3ccon3)c2n1. The van der Waals surface area contributed by atoms with Gasteiger partial charge >= 0.3 is 0 Å². The molecule has 0 unspecified atom stereocenters. The lowest BCUT2D eigenvalue weighted by atomic mass is 10.4. The first-order chi connectivity index (χ1) is 9.81. The van der Waals surface area contributed by atoms with Gasteiger partial charge in [0.25, 0.3) is 0 Å². The van der Waals surface area contributed by atoms with Crippen LogP contribution in [0.2, 0.25) is 0 Å². The average Bonchev–Trinajstić information content (AvgIpc) is 3.08. The Kier molecular flexibility index (Phi) is 3.56. The van der Waals surface area contributed by atoms with Gasteiger partial charge in [-0.15, -0.1) is 11.6 Å². The molecule has 0 atom stereocenters. The first kappa shape index (κ1) is 12.9. The van der Waals surface area contributed by atoms with Gasteiger partial charge in [-0.05, 0) is 6.07 Å². The monoisotopic (exact) mass is 292 g/mol. The minimum absolute atomic E-state index is 0.499. The van der Waals surface area contributed by atoms with Crippen LogP contribution < -0.4 is 4.74 Å². The summed E-state index contributed by atoms with van der Waals surface area (Å²) in [5, 5.41) is 3.93. The summed E-state index contributed by atoms with van der Waals surface area (Å²) in [4.78, 5) is 9.01. The maximum Gasteiger partial charge on any atom is 0.215 e. The van der Waals surface area contributed by atoms with Gasteiger partial charge in [0, 0.05) is 24.4 Å². The van der Waals surface area contributed by atoms with E-state index in [-0.39, 0.29) is 0 Å². The van der Waals surface area contributed by atoms with Crippen molar-refractivity contribution in [1.29, 1.82) is 0 Å². The number of alkyl halides is 1. The maximum atomic E-state index is 5.84. The van der Waals surface area contributed by atoms with Gasteiger partial charge in [-0.3, -0.25) is 0 Å². The molecule has 0 spiro atoms. The summed E-state index contributed by atoms with van der Waals surface area (Å²) in [6.07, 6.45) is 2.21. The lowest BCUT2D eigenvalue weighted by Crippen LogP contribution is -2.07. The second-order valence-corrected chi connectivity index (χ2v) is 4.62. The van der Waals surface area contributed by atoms with Crippen LogP contribution in [0.3, 0.4) is 0 Å². The van der Waals surface area contributed by atoms with Crippen molar-refractivity contribution in [2.45, 2.75) is 13.0 Å². The van der Waals surface area contributed by atoms with Crippen LogP contribution >= 0.6 is 11.6 Å². The van der Waals surface area contributed by atoms with E-state index in [1.54, 1.807) is 19.4 Å². The second-order valence-electron chi connectivity index (χ2n) is 4.24. The minimum atomic E-state index is 0.499. The summed E-state index contributed by atoms with van der Waals surface area (Å²) in [7, 11) is 1.59. The van der Waals surface area contributed by atoms with E-state index >= 15 is 0 Å². The van der Waals surface area contributed by atoms with Crippen LogP contribution in [-0.2, 0) is 13.0 Å². The number of nitrogens with zero attached hydrogens (tertiary/aromatic N) is 4. The lowest BCUT2D eigenvalue weighted by molar-refractivity contribution is 0.398. The smallest absolute Gasteiger partial charge is 0.215 e. The Labute approximate surface area is 120 Å². The molecule has 0 bridgehead atoms. The number of pyridine rings is 1. The van der Waals surface area contributed by atoms with E-state index in [1.165, 1.54) is 0 Å². The molecule has 3 rings (SSSR count). The van der Waals surface area contributed by atoms with Crippen molar-refractivity contribution in [2.75, 3.05) is 13.0 Å². The van der Waals surface area contributed by atoms with Crippen molar-refractivity contribution >= 4 is 22.8 Å². The Hall–Kier alpha value is -2.08. The van der Waals surface area contributed by atoms with Crippen LogP contribution in [0.4, 0.5) is 0 Å². The van der Waals surface area contributed by atoms with Crippen molar-refractivity contribution in [1.82, 2.24) is 19.7 Å². The van der Waals surface area contributed by atoms with Crippen LogP contribution in [0, 0.1) is 0 Å². The van der Waals surface area contributed by atoms with Crippen LogP contribution in [-0.4, -0.2) is 32.7 Å². The molecule has 0 aliphatic heterocycles. The molecule has 0 saturated heterocycles. The highest BCUT2D eigenvalue weighted by molar-refractivity contribution is 6.17. The molecule has 104 valence electrons. The molecule has 0 aromatic carbocycles. The van der Waals surface area contributed by atoms with E-state index in [2.05, 4.69) is 15.1 Å². The molecule has 0 N–H and O–H groups in total. The topological polar surface area (TPSA) is 66.0 Å². The van der Waals surface area contributed by atoms with Gasteiger partial charge in [0.2, 0.25) is 5.88 Å². The number of aryl methyl sites for hydroxylation is 1. The number of methoxy groups -OCH3 is 1. The van der Waals surface area contributed by atoms with E-state index in [9.17, 15) is 0 Å². The van der Waals surface area contributed by atoms with Crippen LogP contribution in [0.5, 0.6) is 5.88 Å². The molecular weight excluding hydrogens is 280 g/mol. The zero-order valence-corrected chi connectivity index (χ0v) is 11.7. The summed E-state index contributed by atoms with van der Waals surface area (Å²) in [6.45, 7) is 0.541. The molecule has 0 saturated carbocycles. The van der Waals surface area contributed by atoms with Crippen LogP contribution in [0.15, 0.2) is 29.0 Å². The predicted molar refractivity (Wildman–Crippen MR) is 74.1 cm³/mol. The van der Waals surface area contributed by atoms with Crippen molar-refractivity contribution in [3.05, 3.63) is 36.0 Å². The molecule has 20 heavy (non-hydrogen) atoms. The molecule has 0 radical (unpaired) electrons. The number of hydrogen-bond acceptors (Lipinski definition) is 5. The van der Waals surface area contributed by atoms with Gasteiger partial charge in [-0.1, -0.05) is 5.16 Å². The van der Waals surface area contributed by atoms with Crippen molar-refractivity contribution in [3.63, 3.8) is 0 Å². The van der Waals surface area contributed by atoms with Gasteiger partial charge < -0.3 is 13.8 Å². The molecule has 3 aromatic heterocycles.